The van der Waals surface area contributed by atoms with Crippen LogP contribution in [0.1, 0.15) is 25.3 Å². The molecule has 0 radical (unpaired) electrons. The Balaban J connectivity index is 2.73. The van der Waals surface area contributed by atoms with Gasteiger partial charge in [-0.25, -0.2) is 0 Å². The van der Waals surface area contributed by atoms with Gasteiger partial charge in [-0.3, -0.25) is 4.79 Å². The minimum atomic E-state index is -0.0932. The number of rotatable bonds is 5. The molecule has 0 aliphatic rings. The first-order valence-corrected chi connectivity index (χ1v) is 6.13. The van der Waals surface area contributed by atoms with Crippen molar-refractivity contribution in [2.45, 2.75) is 19.8 Å². The lowest BCUT2D eigenvalue weighted by molar-refractivity contribution is -0.132. The Morgan fingerprint density at radius 2 is 2.00 bits per heavy atom. The highest BCUT2D eigenvalue weighted by Crippen LogP contribution is 2.17. The summed E-state index contributed by atoms with van der Waals surface area (Å²) in [6, 6.07) is 9.83. The van der Waals surface area contributed by atoms with Crippen LogP contribution in [0.3, 0.4) is 0 Å². The molecule has 0 aliphatic carbocycles. The quantitative estimate of drug-likeness (QED) is 0.724. The number of nitrogens with zero attached hydrogens (tertiary/aromatic N) is 1. The fraction of sp³-hybridized carbons (Fsp3) is 0.462. The molecular formula is C13H18ClNO. The summed E-state index contributed by atoms with van der Waals surface area (Å²) in [6.45, 7) is 5.24. The van der Waals surface area contributed by atoms with Crippen molar-refractivity contribution in [1.82, 2.24) is 4.90 Å². The average molecular weight is 240 g/mol. The van der Waals surface area contributed by atoms with Crippen molar-refractivity contribution in [3.05, 3.63) is 35.9 Å². The molecule has 1 atom stereocenters. The van der Waals surface area contributed by atoms with Crippen LogP contribution in [-0.2, 0) is 4.79 Å². The number of alkyl halides is 1. The zero-order chi connectivity index (χ0) is 12.0. The lowest BCUT2D eigenvalue weighted by Gasteiger charge is -2.23. The van der Waals surface area contributed by atoms with Gasteiger partial charge in [0.25, 0.3) is 0 Å². The molecule has 0 fully saturated rings. The van der Waals surface area contributed by atoms with Gasteiger partial charge in [-0.05, 0) is 19.4 Å². The maximum absolute atomic E-state index is 12.1. The van der Waals surface area contributed by atoms with Gasteiger partial charge in [0.05, 0.1) is 5.92 Å². The number of benzene rings is 1. The van der Waals surface area contributed by atoms with E-state index in [9.17, 15) is 4.79 Å². The lowest BCUT2D eigenvalue weighted by atomic mass is 10.00. The molecule has 1 rings (SSSR count). The summed E-state index contributed by atoms with van der Waals surface area (Å²) in [4.78, 5) is 13.9. The lowest BCUT2D eigenvalue weighted by Crippen LogP contribution is -2.35. The maximum atomic E-state index is 12.1. The largest absolute Gasteiger partial charge is 0.341 e. The standard InChI is InChI=1S/C13H18ClNO/c1-3-15(10-9-14)13(16)11(2)12-7-5-4-6-8-12/h4-8,11H,3,9-10H2,1-2H3. The normalized spacial score (nSPS) is 12.2. The second kappa shape index (κ2) is 6.54. The number of likely N-dealkylation sites (N-methyl/N-ethyl adjacent to an activating group) is 1. The fourth-order valence-corrected chi connectivity index (χ4v) is 1.89. The first-order valence-electron chi connectivity index (χ1n) is 5.60. The predicted molar refractivity (Wildman–Crippen MR) is 67.8 cm³/mol. The summed E-state index contributed by atoms with van der Waals surface area (Å²) in [7, 11) is 0. The van der Waals surface area contributed by atoms with Crippen LogP contribution in [0.5, 0.6) is 0 Å². The third-order valence-corrected chi connectivity index (χ3v) is 2.89. The van der Waals surface area contributed by atoms with Gasteiger partial charge >= 0.3 is 0 Å². The smallest absolute Gasteiger partial charge is 0.229 e. The Kier molecular flexibility index (Phi) is 5.33. The number of hydrogen-bond acceptors (Lipinski definition) is 1. The highest BCUT2D eigenvalue weighted by Gasteiger charge is 2.19. The number of halogens is 1. The van der Waals surface area contributed by atoms with Crippen LogP contribution in [0.25, 0.3) is 0 Å². The molecule has 0 spiro atoms. The molecule has 16 heavy (non-hydrogen) atoms. The summed E-state index contributed by atoms with van der Waals surface area (Å²) in [6.07, 6.45) is 0. The second-order valence-electron chi connectivity index (χ2n) is 3.74. The third-order valence-electron chi connectivity index (χ3n) is 2.72. The van der Waals surface area contributed by atoms with Gasteiger partial charge in [-0.1, -0.05) is 30.3 Å². The van der Waals surface area contributed by atoms with E-state index in [1.807, 2.05) is 44.2 Å². The minimum absolute atomic E-state index is 0.0932. The van der Waals surface area contributed by atoms with E-state index >= 15 is 0 Å². The summed E-state index contributed by atoms with van der Waals surface area (Å²) in [5.41, 5.74) is 1.06. The first-order chi connectivity index (χ1) is 7.70. The van der Waals surface area contributed by atoms with Crippen LogP contribution in [-0.4, -0.2) is 29.8 Å². The Labute approximate surface area is 102 Å². The third kappa shape index (κ3) is 3.24. The van der Waals surface area contributed by atoms with Crippen LogP contribution >= 0.6 is 11.6 Å². The molecule has 0 heterocycles. The van der Waals surface area contributed by atoms with E-state index in [0.717, 1.165) is 5.56 Å². The summed E-state index contributed by atoms with van der Waals surface area (Å²) < 4.78 is 0. The van der Waals surface area contributed by atoms with Gasteiger partial charge in [0.15, 0.2) is 0 Å². The SMILES string of the molecule is CCN(CCCl)C(=O)C(C)c1ccccc1. The van der Waals surface area contributed by atoms with Crippen LogP contribution in [0.2, 0.25) is 0 Å². The van der Waals surface area contributed by atoms with Crippen molar-refractivity contribution >= 4 is 17.5 Å². The van der Waals surface area contributed by atoms with Gasteiger partial charge in [-0.15, -0.1) is 11.6 Å². The highest BCUT2D eigenvalue weighted by molar-refractivity contribution is 6.18. The molecule has 1 aromatic rings. The van der Waals surface area contributed by atoms with E-state index < -0.39 is 0 Å². The highest BCUT2D eigenvalue weighted by atomic mass is 35.5. The Bertz CT molecular complexity index is 326. The number of amides is 1. The molecule has 0 N–H and O–H groups in total. The zero-order valence-corrected chi connectivity index (χ0v) is 10.6. The molecule has 0 bridgehead atoms. The summed E-state index contributed by atoms with van der Waals surface area (Å²) >= 11 is 5.68. The Hall–Kier alpha value is -1.02. The van der Waals surface area contributed by atoms with E-state index in [4.69, 9.17) is 11.6 Å². The Morgan fingerprint density at radius 1 is 1.38 bits per heavy atom. The molecule has 2 nitrogen and oxygen atoms in total. The van der Waals surface area contributed by atoms with Crippen molar-refractivity contribution < 1.29 is 4.79 Å². The van der Waals surface area contributed by atoms with E-state index in [0.29, 0.717) is 19.0 Å². The van der Waals surface area contributed by atoms with Crippen LogP contribution < -0.4 is 0 Å². The minimum Gasteiger partial charge on any atom is -0.341 e. The predicted octanol–water partition coefficient (Wildman–Crippen LogP) is 2.88. The molecule has 1 unspecified atom stereocenters. The number of carbonyl (C=O) groups excluding carboxylic acids is 1. The molecule has 0 saturated heterocycles. The molecule has 88 valence electrons. The molecule has 0 saturated carbocycles. The number of carbonyl (C=O) groups is 1. The van der Waals surface area contributed by atoms with Crippen molar-refractivity contribution in [2.75, 3.05) is 19.0 Å². The van der Waals surface area contributed by atoms with E-state index in [1.165, 1.54) is 0 Å². The van der Waals surface area contributed by atoms with E-state index in [2.05, 4.69) is 0 Å². The van der Waals surface area contributed by atoms with Gasteiger partial charge in [0, 0.05) is 19.0 Å². The molecule has 0 aliphatic heterocycles. The molecular weight excluding hydrogens is 222 g/mol. The Morgan fingerprint density at radius 3 is 2.50 bits per heavy atom. The van der Waals surface area contributed by atoms with E-state index in [1.54, 1.807) is 4.90 Å². The molecule has 1 amide bonds. The molecule has 1 aromatic carbocycles. The van der Waals surface area contributed by atoms with Crippen molar-refractivity contribution in [3.63, 3.8) is 0 Å². The monoisotopic (exact) mass is 239 g/mol. The van der Waals surface area contributed by atoms with Gasteiger partial charge in [0.1, 0.15) is 0 Å². The van der Waals surface area contributed by atoms with Gasteiger partial charge in [-0.2, -0.15) is 0 Å². The second-order valence-corrected chi connectivity index (χ2v) is 4.12. The van der Waals surface area contributed by atoms with Crippen LogP contribution in [0.4, 0.5) is 0 Å². The van der Waals surface area contributed by atoms with Crippen molar-refractivity contribution in [2.24, 2.45) is 0 Å². The van der Waals surface area contributed by atoms with Gasteiger partial charge < -0.3 is 4.90 Å². The fourth-order valence-electron chi connectivity index (χ4n) is 1.68. The number of hydrogen-bond donors (Lipinski definition) is 0. The molecule has 3 heteroatoms. The average Bonchev–Trinajstić information content (AvgIpc) is 2.35. The molecule has 0 aromatic heterocycles. The van der Waals surface area contributed by atoms with Gasteiger partial charge in [0.2, 0.25) is 5.91 Å². The first kappa shape index (κ1) is 13.0. The topological polar surface area (TPSA) is 20.3 Å². The van der Waals surface area contributed by atoms with Crippen molar-refractivity contribution in [1.29, 1.82) is 0 Å². The van der Waals surface area contributed by atoms with Crippen molar-refractivity contribution in [3.8, 4) is 0 Å². The maximum Gasteiger partial charge on any atom is 0.229 e. The zero-order valence-electron chi connectivity index (χ0n) is 9.82. The summed E-state index contributed by atoms with van der Waals surface area (Å²) in [5, 5.41) is 0. The van der Waals surface area contributed by atoms with E-state index in [-0.39, 0.29) is 11.8 Å². The van der Waals surface area contributed by atoms with Crippen LogP contribution in [0, 0.1) is 0 Å². The van der Waals surface area contributed by atoms with Crippen LogP contribution in [0.15, 0.2) is 30.3 Å². The summed E-state index contributed by atoms with van der Waals surface area (Å²) in [5.74, 6) is 0.542.